The molecule has 1 heterocycles. The highest BCUT2D eigenvalue weighted by Gasteiger charge is 2.24. The fourth-order valence-electron chi connectivity index (χ4n) is 2.08. The molecule has 16 heavy (non-hydrogen) atoms. The normalized spacial score (nSPS) is 31.6. The van der Waals surface area contributed by atoms with Crippen molar-refractivity contribution in [3.05, 3.63) is 23.8 Å². The van der Waals surface area contributed by atoms with E-state index in [1.165, 1.54) is 0 Å². The minimum absolute atomic E-state index is 0.314. The highest BCUT2D eigenvalue weighted by atomic mass is 16.3. The standard InChI is InChI=1S/C12H17NO3/c14-10-4-6-13(7-5-10)8-9-2-1-3-11(15)12(9)16/h1-3,11-12,15-16H,4-8H2/t11-,12-/m0/s1. The van der Waals surface area contributed by atoms with Crippen LogP contribution in [0.1, 0.15) is 12.8 Å². The van der Waals surface area contributed by atoms with E-state index in [0.29, 0.717) is 25.2 Å². The van der Waals surface area contributed by atoms with Crippen molar-refractivity contribution in [3.8, 4) is 0 Å². The van der Waals surface area contributed by atoms with Gasteiger partial charge in [0.05, 0.1) is 0 Å². The number of nitrogens with zero attached hydrogens (tertiary/aromatic N) is 1. The molecule has 1 aliphatic carbocycles. The Morgan fingerprint density at radius 1 is 1.31 bits per heavy atom. The Balaban J connectivity index is 1.92. The molecular weight excluding hydrogens is 206 g/mol. The fraction of sp³-hybridized carbons (Fsp3) is 0.583. The quantitative estimate of drug-likeness (QED) is 0.684. The van der Waals surface area contributed by atoms with E-state index in [1.54, 1.807) is 12.2 Å². The van der Waals surface area contributed by atoms with Gasteiger partial charge in [-0.2, -0.15) is 0 Å². The SMILES string of the molecule is O=C1CCN(CC2=CC=C[C@H](O)[C@H]2O)CC1. The molecular formula is C12H17NO3. The zero-order valence-electron chi connectivity index (χ0n) is 9.17. The Morgan fingerprint density at radius 3 is 2.69 bits per heavy atom. The number of aliphatic hydroxyl groups is 2. The molecule has 0 unspecified atom stereocenters. The summed E-state index contributed by atoms with van der Waals surface area (Å²) in [6.45, 7) is 2.14. The third-order valence-electron chi connectivity index (χ3n) is 3.14. The summed E-state index contributed by atoms with van der Waals surface area (Å²) in [5.74, 6) is 0.314. The molecule has 0 saturated carbocycles. The summed E-state index contributed by atoms with van der Waals surface area (Å²) < 4.78 is 0. The number of rotatable bonds is 2. The van der Waals surface area contributed by atoms with Gasteiger partial charge in [-0.25, -0.2) is 0 Å². The van der Waals surface area contributed by atoms with Crippen LogP contribution in [-0.4, -0.2) is 52.7 Å². The van der Waals surface area contributed by atoms with Crippen LogP contribution in [0.15, 0.2) is 23.8 Å². The minimum Gasteiger partial charge on any atom is -0.386 e. The van der Waals surface area contributed by atoms with Gasteiger partial charge >= 0.3 is 0 Å². The van der Waals surface area contributed by atoms with Gasteiger partial charge in [-0.1, -0.05) is 18.2 Å². The van der Waals surface area contributed by atoms with Crippen LogP contribution in [0, 0.1) is 0 Å². The third-order valence-corrected chi connectivity index (χ3v) is 3.14. The predicted octanol–water partition coefficient (Wildman–Crippen LogP) is -0.131. The van der Waals surface area contributed by atoms with Crippen molar-refractivity contribution in [2.24, 2.45) is 0 Å². The average molecular weight is 223 g/mol. The average Bonchev–Trinajstić information content (AvgIpc) is 2.28. The van der Waals surface area contributed by atoms with Crippen LogP contribution in [0.2, 0.25) is 0 Å². The summed E-state index contributed by atoms with van der Waals surface area (Å²) in [6.07, 6.45) is 4.78. The first-order chi connectivity index (χ1) is 7.66. The number of ketones is 1. The molecule has 0 radical (unpaired) electrons. The van der Waals surface area contributed by atoms with Crippen molar-refractivity contribution in [3.63, 3.8) is 0 Å². The maximum Gasteiger partial charge on any atom is 0.135 e. The summed E-state index contributed by atoms with van der Waals surface area (Å²) in [5.41, 5.74) is 0.823. The molecule has 0 spiro atoms. The molecule has 2 aliphatic rings. The van der Waals surface area contributed by atoms with Crippen LogP contribution in [0.5, 0.6) is 0 Å². The minimum atomic E-state index is -0.803. The Hall–Kier alpha value is -0.970. The molecule has 88 valence electrons. The highest BCUT2D eigenvalue weighted by molar-refractivity contribution is 5.79. The van der Waals surface area contributed by atoms with Gasteiger partial charge in [0, 0.05) is 32.5 Å². The van der Waals surface area contributed by atoms with Crippen molar-refractivity contribution in [2.75, 3.05) is 19.6 Å². The smallest absolute Gasteiger partial charge is 0.135 e. The molecule has 0 bridgehead atoms. The number of Topliss-reactive ketones (excluding diaryl/α,β-unsaturated/α-hetero) is 1. The predicted molar refractivity (Wildman–Crippen MR) is 59.9 cm³/mol. The Bertz CT molecular complexity index is 325. The zero-order chi connectivity index (χ0) is 11.5. The van der Waals surface area contributed by atoms with Crippen molar-refractivity contribution in [1.82, 2.24) is 4.90 Å². The Kier molecular flexibility index (Phi) is 3.53. The van der Waals surface area contributed by atoms with Gasteiger partial charge < -0.3 is 10.2 Å². The molecule has 2 rings (SSSR count). The second-order valence-electron chi connectivity index (χ2n) is 4.38. The molecule has 0 aromatic heterocycles. The van der Waals surface area contributed by atoms with Gasteiger partial charge in [0.25, 0.3) is 0 Å². The lowest BCUT2D eigenvalue weighted by Crippen LogP contribution is -2.39. The Morgan fingerprint density at radius 2 is 2.00 bits per heavy atom. The van der Waals surface area contributed by atoms with Gasteiger partial charge in [0.1, 0.15) is 18.0 Å². The maximum absolute atomic E-state index is 11.1. The monoisotopic (exact) mass is 223 g/mol. The van der Waals surface area contributed by atoms with Crippen LogP contribution in [-0.2, 0) is 4.79 Å². The number of aliphatic hydroxyl groups excluding tert-OH is 2. The van der Waals surface area contributed by atoms with E-state index in [9.17, 15) is 15.0 Å². The van der Waals surface area contributed by atoms with Crippen LogP contribution in [0.4, 0.5) is 0 Å². The van der Waals surface area contributed by atoms with E-state index >= 15 is 0 Å². The number of hydrogen-bond donors (Lipinski definition) is 2. The van der Waals surface area contributed by atoms with E-state index in [4.69, 9.17) is 0 Å². The molecule has 0 aromatic rings. The van der Waals surface area contributed by atoms with Crippen LogP contribution < -0.4 is 0 Å². The summed E-state index contributed by atoms with van der Waals surface area (Å²) in [6, 6.07) is 0. The van der Waals surface area contributed by atoms with Crippen molar-refractivity contribution < 1.29 is 15.0 Å². The maximum atomic E-state index is 11.1. The lowest BCUT2D eigenvalue weighted by atomic mass is 9.98. The van der Waals surface area contributed by atoms with E-state index in [0.717, 1.165) is 18.7 Å². The van der Waals surface area contributed by atoms with Crippen LogP contribution >= 0.6 is 0 Å². The summed E-state index contributed by atoms with van der Waals surface area (Å²) in [7, 11) is 0. The highest BCUT2D eigenvalue weighted by Crippen LogP contribution is 2.17. The second-order valence-corrected chi connectivity index (χ2v) is 4.38. The lowest BCUT2D eigenvalue weighted by Gasteiger charge is -2.30. The number of allylic oxidation sites excluding steroid dienone is 2. The molecule has 0 amide bonds. The van der Waals surface area contributed by atoms with Gasteiger partial charge in [0.2, 0.25) is 0 Å². The summed E-state index contributed by atoms with van der Waals surface area (Å²) >= 11 is 0. The number of likely N-dealkylation sites (tertiary alicyclic amines) is 1. The van der Waals surface area contributed by atoms with Crippen molar-refractivity contribution in [1.29, 1.82) is 0 Å². The zero-order valence-corrected chi connectivity index (χ0v) is 9.17. The van der Waals surface area contributed by atoms with E-state index < -0.39 is 12.2 Å². The molecule has 1 saturated heterocycles. The summed E-state index contributed by atoms with van der Waals surface area (Å²) in [5, 5.41) is 19.2. The first-order valence-electron chi connectivity index (χ1n) is 5.64. The number of hydrogen-bond acceptors (Lipinski definition) is 4. The third kappa shape index (κ3) is 2.58. The fourth-order valence-corrected chi connectivity index (χ4v) is 2.08. The van der Waals surface area contributed by atoms with Crippen LogP contribution in [0.3, 0.4) is 0 Å². The summed E-state index contributed by atoms with van der Waals surface area (Å²) in [4.78, 5) is 13.2. The van der Waals surface area contributed by atoms with Crippen LogP contribution in [0.25, 0.3) is 0 Å². The molecule has 1 aliphatic heterocycles. The topological polar surface area (TPSA) is 60.8 Å². The van der Waals surface area contributed by atoms with Gasteiger partial charge in [0.15, 0.2) is 0 Å². The number of carbonyl (C=O) groups is 1. The van der Waals surface area contributed by atoms with E-state index in [2.05, 4.69) is 4.90 Å². The second kappa shape index (κ2) is 4.91. The molecule has 1 fully saturated rings. The first kappa shape index (κ1) is 11.5. The van der Waals surface area contributed by atoms with E-state index in [1.807, 2.05) is 6.08 Å². The molecule has 2 atom stereocenters. The molecule has 0 aromatic carbocycles. The van der Waals surface area contributed by atoms with Gasteiger partial charge in [-0.15, -0.1) is 0 Å². The van der Waals surface area contributed by atoms with E-state index in [-0.39, 0.29) is 0 Å². The molecule has 4 heteroatoms. The number of carbonyl (C=O) groups excluding carboxylic acids is 1. The Labute approximate surface area is 94.9 Å². The lowest BCUT2D eigenvalue weighted by molar-refractivity contribution is -0.121. The van der Waals surface area contributed by atoms with Crippen molar-refractivity contribution >= 4 is 5.78 Å². The first-order valence-corrected chi connectivity index (χ1v) is 5.64. The largest absolute Gasteiger partial charge is 0.386 e. The van der Waals surface area contributed by atoms with Crippen molar-refractivity contribution in [2.45, 2.75) is 25.0 Å². The molecule has 2 N–H and O–H groups in total. The molecule has 4 nitrogen and oxygen atoms in total. The number of piperidine rings is 1. The van der Waals surface area contributed by atoms with Gasteiger partial charge in [-0.3, -0.25) is 9.69 Å². The van der Waals surface area contributed by atoms with Gasteiger partial charge in [-0.05, 0) is 5.57 Å².